The minimum atomic E-state index is -0.0347. The molecule has 0 N–H and O–H groups in total. The van der Waals surface area contributed by atoms with Gasteiger partial charge < -0.3 is 18.8 Å². The molecule has 3 aliphatic heterocycles. The molecule has 0 fully saturated rings. The number of benzene rings is 5. The zero-order valence-corrected chi connectivity index (χ0v) is 30.5. The molecule has 0 saturated carbocycles. The number of hydrogen-bond donors (Lipinski definition) is 0. The minimum absolute atomic E-state index is 0.0205. The summed E-state index contributed by atoms with van der Waals surface area (Å²) in [5.41, 5.74) is 16.4. The number of anilines is 6. The lowest BCUT2D eigenvalue weighted by Crippen LogP contribution is -2.61. The fourth-order valence-electron chi connectivity index (χ4n) is 8.39. The van der Waals surface area contributed by atoms with Gasteiger partial charge in [-0.1, -0.05) is 84.0 Å². The predicted molar refractivity (Wildman–Crippen MR) is 208 cm³/mol. The average Bonchev–Trinajstić information content (AvgIpc) is 3.69. The van der Waals surface area contributed by atoms with Crippen LogP contribution in [0.4, 0.5) is 34.3 Å². The van der Waals surface area contributed by atoms with E-state index in [9.17, 15) is 0 Å². The highest BCUT2D eigenvalue weighted by molar-refractivity contribution is 7.01. The van der Waals surface area contributed by atoms with Crippen molar-refractivity contribution in [1.82, 2.24) is 0 Å². The van der Waals surface area contributed by atoms with E-state index in [2.05, 4.69) is 157 Å². The van der Waals surface area contributed by atoms with Gasteiger partial charge in [0.2, 0.25) is 12.7 Å². The Balaban J connectivity index is 1.40. The second-order valence-electron chi connectivity index (χ2n) is 16.4. The third-order valence-corrected chi connectivity index (χ3v) is 10.9. The zero-order valence-electron chi connectivity index (χ0n) is 30.5. The van der Waals surface area contributed by atoms with Crippen molar-refractivity contribution in [1.29, 1.82) is 0 Å². The van der Waals surface area contributed by atoms with Crippen molar-refractivity contribution in [2.75, 3.05) is 16.6 Å². The largest absolute Gasteiger partial charge is 0.454 e. The molecule has 0 aliphatic carbocycles. The number of rotatable bonds is 2. The van der Waals surface area contributed by atoms with Crippen molar-refractivity contribution in [3.05, 3.63) is 113 Å². The molecular formula is C44H43BN2O3. The van der Waals surface area contributed by atoms with E-state index in [1.54, 1.807) is 0 Å². The molecule has 0 amide bonds. The first-order valence-electron chi connectivity index (χ1n) is 17.7. The zero-order chi connectivity index (χ0) is 34.9. The monoisotopic (exact) mass is 658 g/mol. The molecule has 1 aromatic heterocycles. The molecule has 0 atom stereocenters. The Morgan fingerprint density at radius 3 is 2.06 bits per heavy atom. The molecular weight excluding hydrogens is 615 g/mol. The molecule has 9 rings (SSSR count). The molecule has 0 spiro atoms. The van der Waals surface area contributed by atoms with Gasteiger partial charge in [0.05, 0.1) is 5.69 Å². The number of nitrogens with zero attached hydrogens (tertiary/aromatic N) is 2. The van der Waals surface area contributed by atoms with Crippen molar-refractivity contribution in [3.63, 3.8) is 0 Å². The summed E-state index contributed by atoms with van der Waals surface area (Å²) in [5, 5.41) is 1.14. The fourth-order valence-corrected chi connectivity index (χ4v) is 8.39. The molecule has 3 aliphatic rings. The van der Waals surface area contributed by atoms with E-state index in [1.165, 1.54) is 44.5 Å². The van der Waals surface area contributed by atoms with Crippen LogP contribution < -0.4 is 35.7 Å². The van der Waals surface area contributed by atoms with Gasteiger partial charge in [-0.2, -0.15) is 0 Å². The van der Waals surface area contributed by atoms with Crippen LogP contribution in [0.2, 0.25) is 0 Å². The molecule has 6 heteroatoms. The third kappa shape index (κ3) is 4.40. The number of ether oxygens (including phenoxy) is 2. The van der Waals surface area contributed by atoms with Crippen molar-refractivity contribution in [2.24, 2.45) is 0 Å². The van der Waals surface area contributed by atoms with Crippen LogP contribution in [0.5, 0.6) is 11.5 Å². The maximum absolute atomic E-state index is 6.99. The standard InChI is InChI=1S/C44H43BN2O3/c1-25-20-34-39-35(21-25)47(40-26(2)22-37-41(27(40)3)49-24-48-37)42-38(31-12-10-11-13-36(31)50-42)45(39)32-23-29(44(7,8)9)16-19-33(32)46(34)30-17-14-28(15-18-30)43(4,5)6/h10-23H,24H2,1-9H3. The summed E-state index contributed by atoms with van der Waals surface area (Å²) < 4.78 is 18.9. The van der Waals surface area contributed by atoms with Gasteiger partial charge in [0, 0.05) is 39.2 Å². The quantitative estimate of drug-likeness (QED) is 0.173. The first kappa shape index (κ1) is 30.9. The van der Waals surface area contributed by atoms with Gasteiger partial charge in [-0.05, 0) is 107 Å². The van der Waals surface area contributed by atoms with Gasteiger partial charge in [-0.3, -0.25) is 4.90 Å². The SMILES string of the molecule is Cc1cc2c3c(c1)N(c1c(C)cc4c(c1C)OCO4)c1oc4ccccc4c1B3c1cc(C(C)(C)C)ccc1N2c1ccc(C(C)(C)C)cc1. The van der Waals surface area contributed by atoms with E-state index in [0.29, 0.717) is 0 Å². The first-order chi connectivity index (χ1) is 23.8. The van der Waals surface area contributed by atoms with Crippen molar-refractivity contribution in [2.45, 2.75) is 73.1 Å². The molecule has 0 saturated heterocycles. The Bertz CT molecular complexity index is 2380. The van der Waals surface area contributed by atoms with E-state index in [1.807, 2.05) is 0 Å². The highest BCUT2D eigenvalue weighted by Gasteiger charge is 2.47. The van der Waals surface area contributed by atoms with Gasteiger partial charge in [0.25, 0.3) is 6.71 Å². The Kier molecular flexibility index (Phi) is 6.47. The van der Waals surface area contributed by atoms with Crippen molar-refractivity contribution < 1.29 is 13.9 Å². The van der Waals surface area contributed by atoms with Gasteiger partial charge in [-0.25, -0.2) is 0 Å². The molecule has 6 aromatic rings. The van der Waals surface area contributed by atoms with Crippen LogP contribution in [0.1, 0.15) is 69.4 Å². The van der Waals surface area contributed by atoms with Gasteiger partial charge >= 0.3 is 0 Å². The second-order valence-corrected chi connectivity index (χ2v) is 16.4. The van der Waals surface area contributed by atoms with Gasteiger partial charge in [-0.15, -0.1) is 0 Å². The topological polar surface area (TPSA) is 38.1 Å². The number of aryl methyl sites for hydroxylation is 2. The summed E-state index contributed by atoms with van der Waals surface area (Å²) in [6, 6.07) is 31.6. The van der Waals surface area contributed by atoms with Gasteiger partial charge in [0.1, 0.15) is 5.58 Å². The van der Waals surface area contributed by atoms with Crippen LogP contribution in [-0.4, -0.2) is 13.5 Å². The van der Waals surface area contributed by atoms with Crippen molar-refractivity contribution in [3.8, 4) is 11.5 Å². The summed E-state index contributed by atoms with van der Waals surface area (Å²) in [7, 11) is 0. The van der Waals surface area contributed by atoms with Crippen molar-refractivity contribution >= 4 is 68.4 Å². The highest BCUT2D eigenvalue weighted by Crippen LogP contribution is 2.51. The van der Waals surface area contributed by atoms with Crippen LogP contribution in [0, 0.1) is 20.8 Å². The first-order valence-corrected chi connectivity index (χ1v) is 17.7. The number of para-hydroxylation sites is 1. The fraction of sp³-hybridized carbons (Fsp3) is 0.273. The molecule has 0 unspecified atom stereocenters. The molecule has 250 valence electrons. The Morgan fingerprint density at radius 2 is 1.34 bits per heavy atom. The van der Waals surface area contributed by atoms with E-state index >= 15 is 0 Å². The van der Waals surface area contributed by atoms with E-state index in [0.717, 1.165) is 56.5 Å². The van der Waals surface area contributed by atoms with E-state index < -0.39 is 0 Å². The predicted octanol–water partition coefficient (Wildman–Crippen LogP) is 9.76. The minimum Gasteiger partial charge on any atom is -0.454 e. The summed E-state index contributed by atoms with van der Waals surface area (Å²) in [4.78, 5) is 4.85. The maximum Gasteiger partial charge on any atom is 0.257 e. The van der Waals surface area contributed by atoms with Crippen LogP contribution in [-0.2, 0) is 10.8 Å². The van der Waals surface area contributed by atoms with Crippen LogP contribution in [0.25, 0.3) is 11.0 Å². The summed E-state index contributed by atoms with van der Waals surface area (Å²) >= 11 is 0. The Morgan fingerprint density at radius 1 is 0.660 bits per heavy atom. The second kappa shape index (κ2) is 10.5. The molecule has 50 heavy (non-hydrogen) atoms. The highest BCUT2D eigenvalue weighted by atomic mass is 16.7. The molecule has 5 nitrogen and oxygen atoms in total. The number of hydrogen-bond acceptors (Lipinski definition) is 5. The van der Waals surface area contributed by atoms with Crippen LogP contribution in [0.15, 0.2) is 89.3 Å². The molecule has 5 aromatic carbocycles. The third-order valence-electron chi connectivity index (χ3n) is 10.9. The van der Waals surface area contributed by atoms with E-state index in [-0.39, 0.29) is 24.3 Å². The normalized spacial score (nSPS) is 14.6. The average molecular weight is 659 g/mol. The number of furan rings is 1. The summed E-state index contributed by atoms with van der Waals surface area (Å²) in [6.07, 6.45) is 0. The smallest absolute Gasteiger partial charge is 0.257 e. The maximum atomic E-state index is 6.99. The van der Waals surface area contributed by atoms with Crippen LogP contribution >= 0.6 is 0 Å². The van der Waals surface area contributed by atoms with Gasteiger partial charge in [0.15, 0.2) is 11.5 Å². The lowest BCUT2D eigenvalue weighted by molar-refractivity contribution is 0.173. The summed E-state index contributed by atoms with van der Waals surface area (Å²) in [6.45, 7) is 20.4. The van der Waals surface area contributed by atoms with Crippen LogP contribution in [0.3, 0.4) is 0 Å². The molecule has 0 bridgehead atoms. The lowest BCUT2D eigenvalue weighted by atomic mass is 9.33. The lowest BCUT2D eigenvalue weighted by Gasteiger charge is -2.43. The Labute approximate surface area is 295 Å². The Hall–Kier alpha value is -5.10. The summed E-state index contributed by atoms with van der Waals surface area (Å²) in [5.74, 6) is 2.45. The van der Waals surface area contributed by atoms with E-state index in [4.69, 9.17) is 13.9 Å². The molecule has 4 heterocycles. The molecule has 0 radical (unpaired) electrons. The number of fused-ring (bicyclic) bond motifs is 7.